The third kappa shape index (κ3) is 4.03. The van der Waals surface area contributed by atoms with E-state index in [1.165, 1.54) is 32.4 Å². The maximum Gasteiger partial charge on any atom is 0.586 e. The number of aliphatic hydroxyl groups excluding tert-OH is 1. The van der Waals surface area contributed by atoms with Crippen molar-refractivity contribution in [3.8, 4) is 28.7 Å². The predicted molar refractivity (Wildman–Crippen MR) is 94.9 cm³/mol. The van der Waals surface area contributed by atoms with Crippen LogP contribution in [0.1, 0.15) is 18.6 Å². The smallest absolute Gasteiger partial charge is 0.493 e. The third-order valence-corrected chi connectivity index (χ3v) is 4.40. The Morgan fingerprint density at radius 3 is 2.22 bits per heavy atom. The van der Waals surface area contributed by atoms with E-state index in [4.69, 9.17) is 14.2 Å². The zero-order chi connectivity index (χ0) is 19.8. The fourth-order valence-electron chi connectivity index (χ4n) is 2.63. The molecule has 0 aromatic heterocycles. The summed E-state index contributed by atoms with van der Waals surface area (Å²) in [5.74, 6) is 0.876. The highest BCUT2D eigenvalue weighted by atomic mass is 79.9. The Balaban J connectivity index is 1.83. The lowest BCUT2D eigenvalue weighted by molar-refractivity contribution is -0.286. The minimum absolute atomic E-state index is 0.0965. The maximum atomic E-state index is 13.2. The lowest BCUT2D eigenvalue weighted by atomic mass is 10.0. The number of ether oxygens (including phenoxy) is 5. The number of methoxy groups -OCH3 is 2. The monoisotopic (exact) mass is 446 g/mol. The van der Waals surface area contributed by atoms with E-state index in [2.05, 4.69) is 25.4 Å². The van der Waals surface area contributed by atoms with Gasteiger partial charge >= 0.3 is 6.29 Å². The molecule has 6 nitrogen and oxygen atoms in total. The molecule has 0 radical (unpaired) electrons. The number of fused-ring (bicyclic) bond motifs is 1. The number of hydrogen-bond donors (Lipinski definition) is 1. The highest BCUT2D eigenvalue weighted by molar-refractivity contribution is 9.10. The first-order valence-corrected chi connectivity index (χ1v) is 8.69. The van der Waals surface area contributed by atoms with Gasteiger partial charge in [-0.1, -0.05) is 22.0 Å². The van der Waals surface area contributed by atoms with Gasteiger partial charge in [0.05, 0.1) is 14.2 Å². The van der Waals surface area contributed by atoms with E-state index in [9.17, 15) is 13.9 Å². The van der Waals surface area contributed by atoms with E-state index >= 15 is 0 Å². The number of rotatable bonds is 6. The first kappa shape index (κ1) is 19.5. The highest BCUT2D eigenvalue weighted by Gasteiger charge is 2.43. The van der Waals surface area contributed by atoms with E-state index in [1.807, 2.05) is 0 Å². The Bertz CT molecular complexity index is 820. The first-order chi connectivity index (χ1) is 12.7. The van der Waals surface area contributed by atoms with Gasteiger partial charge in [-0.3, -0.25) is 0 Å². The van der Waals surface area contributed by atoms with E-state index in [1.54, 1.807) is 19.1 Å². The van der Waals surface area contributed by atoms with Crippen LogP contribution in [0.15, 0.2) is 34.8 Å². The minimum atomic E-state index is -3.72. The van der Waals surface area contributed by atoms with Crippen LogP contribution in [0.25, 0.3) is 0 Å². The molecule has 0 amide bonds. The summed E-state index contributed by atoms with van der Waals surface area (Å²) in [5, 5.41) is 10.6. The highest BCUT2D eigenvalue weighted by Crippen LogP contribution is 2.44. The number of alkyl halides is 2. The molecule has 1 N–H and O–H groups in total. The minimum Gasteiger partial charge on any atom is -0.493 e. The molecule has 0 bridgehead atoms. The molecule has 0 spiro atoms. The zero-order valence-corrected chi connectivity index (χ0v) is 16.2. The third-order valence-electron chi connectivity index (χ3n) is 3.94. The van der Waals surface area contributed by atoms with E-state index in [-0.39, 0.29) is 11.5 Å². The van der Waals surface area contributed by atoms with Gasteiger partial charge in [0, 0.05) is 4.47 Å². The Kier molecular flexibility index (Phi) is 5.34. The van der Waals surface area contributed by atoms with E-state index in [0.717, 1.165) is 4.47 Å². The van der Waals surface area contributed by atoms with Crippen LogP contribution >= 0.6 is 15.9 Å². The second-order valence-electron chi connectivity index (χ2n) is 5.78. The second-order valence-corrected chi connectivity index (χ2v) is 6.70. The van der Waals surface area contributed by atoms with Crippen molar-refractivity contribution in [1.82, 2.24) is 0 Å². The zero-order valence-electron chi connectivity index (χ0n) is 14.7. The lowest BCUT2D eigenvalue weighted by Gasteiger charge is -2.23. The predicted octanol–water partition coefficient (Wildman–Crippen LogP) is 4.29. The van der Waals surface area contributed by atoms with Gasteiger partial charge in [0.25, 0.3) is 0 Å². The van der Waals surface area contributed by atoms with Gasteiger partial charge in [-0.2, -0.15) is 0 Å². The quantitative estimate of drug-likeness (QED) is 0.713. The van der Waals surface area contributed by atoms with Gasteiger partial charge in [-0.25, -0.2) is 0 Å². The Labute approximate surface area is 162 Å². The number of aliphatic hydroxyl groups is 1. The van der Waals surface area contributed by atoms with Crippen LogP contribution < -0.4 is 23.7 Å². The summed E-state index contributed by atoms with van der Waals surface area (Å²) in [5.41, 5.74) is 0.331. The summed E-state index contributed by atoms with van der Waals surface area (Å²) >= 11 is 3.35. The van der Waals surface area contributed by atoms with Crippen molar-refractivity contribution in [2.24, 2.45) is 0 Å². The average Bonchev–Trinajstić information content (AvgIpc) is 2.94. The van der Waals surface area contributed by atoms with Crippen molar-refractivity contribution < 1.29 is 37.6 Å². The van der Waals surface area contributed by atoms with Gasteiger partial charge in [-0.05, 0) is 36.8 Å². The molecule has 0 unspecified atom stereocenters. The van der Waals surface area contributed by atoms with Gasteiger partial charge < -0.3 is 28.8 Å². The summed E-state index contributed by atoms with van der Waals surface area (Å²) in [7, 11) is 2.96. The summed E-state index contributed by atoms with van der Waals surface area (Å²) in [4.78, 5) is 0. The van der Waals surface area contributed by atoms with Crippen LogP contribution in [0.4, 0.5) is 8.78 Å². The lowest BCUT2D eigenvalue weighted by Crippen LogP contribution is -2.26. The van der Waals surface area contributed by atoms with Crippen molar-refractivity contribution in [1.29, 1.82) is 0 Å². The molecule has 27 heavy (non-hydrogen) atoms. The molecule has 3 rings (SSSR count). The van der Waals surface area contributed by atoms with Crippen molar-refractivity contribution in [3.05, 3.63) is 40.4 Å². The molecular formula is C18H17BrF2O6. The fourth-order valence-corrected chi connectivity index (χ4v) is 3.05. The molecule has 0 saturated carbocycles. The van der Waals surface area contributed by atoms with Crippen molar-refractivity contribution in [2.75, 3.05) is 14.2 Å². The Morgan fingerprint density at radius 1 is 1.04 bits per heavy atom. The standard InChI is InChI=1S/C18H17BrF2O6/c1-9(25-17-14(23-2)7-11(19)8-15(17)24-3)16(22)10-4-5-12-13(6-10)27-18(20,21)26-12/h4-9,16,22H,1-3H3/t9-,16+/m0/s1. The van der Waals surface area contributed by atoms with Crippen molar-refractivity contribution in [3.63, 3.8) is 0 Å². The van der Waals surface area contributed by atoms with E-state index < -0.39 is 18.5 Å². The van der Waals surface area contributed by atoms with Crippen LogP contribution in [0.5, 0.6) is 28.7 Å². The summed E-state index contributed by atoms with van der Waals surface area (Å²) < 4.78 is 52.3. The maximum absolute atomic E-state index is 13.2. The number of benzene rings is 2. The molecule has 1 aliphatic heterocycles. The Morgan fingerprint density at radius 2 is 1.63 bits per heavy atom. The Hall–Kier alpha value is -2.26. The normalized spacial score (nSPS) is 16.6. The van der Waals surface area contributed by atoms with Crippen LogP contribution in [0, 0.1) is 0 Å². The topological polar surface area (TPSA) is 66.4 Å². The molecule has 2 atom stereocenters. The van der Waals surface area contributed by atoms with Crippen molar-refractivity contribution >= 4 is 15.9 Å². The van der Waals surface area contributed by atoms with Crippen LogP contribution in [-0.4, -0.2) is 31.7 Å². The molecule has 2 aromatic rings. The first-order valence-electron chi connectivity index (χ1n) is 7.90. The van der Waals surface area contributed by atoms with Gasteiger partial charge in [0.15, 0.2) is 23.0 Å². The molecular weight excluding hydrogens is 430 g/mol. The molecule has 9 heteroatoms. The number of halogens is 3. The second kappa shape index (κ2) is 7.40. The molecule has 0 saturated heterocycles. The average molecular weight is 447 g/mol. The van der Waals surface area contributed by atoms with Crippen LogP contribution in [0.2, 0.25) is 0 Å². The van der Waals surface area contributed by atoms with Gasteiger partial charge in [-0.15, -0.1) is 8.78 Å². The van der Waals surface area contributed by atoms with Crippen LogP contribution in [0.3, 0.4) is 0 Å². The SMILES string of the molecule is COc1cc(Br)cc(OC)c1O[C@@H](C)[C@@H](O)c1ccc2c(c1)OC(F)(F)O2. The molecule has 1 heterocycles. The number of hydrogen-bond acceptors (Lipinski definition) is 6. The largest absolute Gasteiger partial charge is 0.586 e. The molecule has 0 fully saturated rings. The summed E-state index contributed by atoms with van der Waals surface area (Å²) in [6.45, 7) is 1.63. The molecule has 146 valence electrons. The van der Waals surface area contributed by atoms with Crippen molar-refractivity contribution in [2.45, 2.75) is 25.4 Å². The molecule has 2 aromatic carbocycles. The van der Waals surface area contributed by atoms with Crippen LogP contribution in [-0.2, 0) is 0 Å². The summed E-state index contributed by atoms with van der Waals surface area (Å²) in [6.07, 6.45) is -5.60. The molecule has 0 aliphatic carbocycles. The van der Waals surface area contributed by atoms with E-state index in [0.29, 0.717) is 22.8 Å². The fraction of sp³-hybridized carbons (Fsp3) is 0.333. The summed E-state index contributed by atoms with van der Waals surface area (Å²) in [6, 6.07) is 7.45. The van der Waals surface area contributed by atoms with Gasteiger partial charge in [0.1, 0.15) is 12.2 Å². The van der Waals surface area contributed by atoms with Gasteiger partial charge in [0.2, 0.25) is 5.75 Å². The molecule has 1 aliphatic rings.